The third-order valence-corrected chi connectivity index (χ3v) is 5.94. The fourth-order valence-corrected chi connectivity index (χ4v) is 4.48. The van der Waals surface area contributed by atoms with E-state index in [-0.39, 0.29) is 9.79 Å². The van der Waals surface area contributed by atoms with Crippen molar-refractivity contribution in [2.24, 2.45) is 0 Å². The lowest BCUT2D eigenvalue weighted by atomic mass is 9.95. The minimum Gasteiger partial charge on any atom is -0.398 e. The molecule has 0 bridgehead atoms. The molecule has 5 heteroatoms. The fraction of sp³-hybridized carbons (Fsp3) is 0.200. The molecule has 0 saturated heterocycles. The number of fused-ring (bicyclic) bond motifs is 3. The van der Waals surface area contributed by atoms with E-state index in [9.17, 15) is 8.42 Å². The van der Waals surface area contributed by atoms with Gasteiger partial charge >= 0.3 is 0 Å². The molecule has 0 fully saturated rings. The molecule has 3 rings (SSSR count). The Balaban J connectivity index is 2.54. The first-order chi connectivity index (χ1) is 9.25. The number of rotatable bonds is 0. The second-order valence-electron chi connectivity index (χ2n) is 5.30. The fourth-order valence-electron chi connectivity index (χ4n) is 2.70. The van der Waals surface area contributed by atoms with Crippen molar-refractivity contribution in [1.29, 1.82) is 0 Å². The molecule has 0 unspecified atom stereocenters. The van der Waals surface area contributed by atoms with E-state index in [1.807, 2.05) is 26.8 Å². The van der Waals surface area contributed by atoms with Crippen LogP contribution in [0.25, 0.3) is 11.1 Å². The largest absolute Gasteiger partial charge is 0.398 e. The van der Waals surface area contributed by atoms with Crippen molar-refractivity contribution in [2.45, 2.75) is 30.6 Å². The smallest absolute Gasteiger partial charge is 0.207 e. The highest BCUT2D eigenvalue weighted by Crippen LogP contribution is 2.48. The second-order valence-corrected chi connectivity index (χ2v) is 7.18. The third-order valence-electron chi connectivity index (χ3n) is 4.12. The zero-order valence-corrected chi connectivity index (χ0v) is 12.4. The van der Waals surface area contributed by atoms with Crippen LogP contribution in [0.15, 0.2) is 28.0 Å². The SMILES string of the molecule is Cc1cc2c(cc1N)S(=O)(=O)c1cc(N)c(C)c(C)c1-2. The van der Waals surface area contributed by atoms with E-state index >= 15 is 0 Å². The van der Waals surface area contributed by atoms with E-state index in [2.05, 4.69) is 0 Å². The highest BCUT2D eigenvalue weighted by atomic mass is 32.2. The van der Waals surface area contributed by atoms with Gasteiger partial charge in [-0.25, -0.2) is 8.42 Å². The molecule has 0 aromatic heterocycles. The molecule has 20 heavy (non-hydrogen) atoms. The van der Waals surface area contributed by atoms with Crippen LogP contribution in [0.2, 0.25) is 0 Å². The van der Waals surface area contributed by atoms with Crippen LogP contribution in [0.1, 0.15) is 16.7 Å². The number of benzene rings is 2. The average Bonchev–Trinajstić information content (AvgIpc) is 2.57. The molecule has 4 nitrogen and oxygen atoms in total. The summed E-state index contributed by atoms with van der Waals surface area (Å²) in [6.45, 7) is 5.68. The number of nitrogens with two attached hydrogens (primary N) is 2. The van der Waals surface area contributed by atoms with Crippen LogP contribution in [0.3, 0.4) is 0 Å². The van der Waals surface area contributed by atoms with Crippen LogP contribution < -0.4 is 11.5 Å². The Morgan fingerprint density at radius 1 is 0.850 bits per heavy atom. The summed E-state index contributed by atoms with van der Waals surface area (Å²) in [5.74, 6) is 0. The highest BCUT2D eigenvalue weighted by Gasteiger charge is 2.35. The van der Waals surface area contributed by atoms with E-state index in [4.69, 9.17) is 11.5 Å². The number of sulfone groups is 1. The summed E-state index contributed by atoms with van der Waals surface area (Å²) < 4.78 is 25.3. The lowest BCUT2D eigenvalue weighted by Gasteiger charge is -2.11. The van der Waals surface area contributed by atoms with Gasteiger partial charge in [0, 0.05) is 22.5 Å². The first-order valence-corrected chi connectivity index (χ1v) is 7.78. The number of anilines is 2. The summed E-state index contributed by atoms with van der Waals surface area (Å²) in [6.07, 6.45) is 0. The van der Waals surface area contributed by atoms with E-state index in [1.54, 1.807) is 12.1 Å². The van der Waals surface area contributed by atoms with Crippen molar-refractivity contribution in [3.05, 3.63) is 34.9 Å². The molecule has 0 aliphatic carbocycles. The van der Waals surface area contributed by atoms with Gasteiger partial charge in [0.05, 0.1) is 9.79 Å². The Bertz CT molecular complexity index is 868. The summed E-state index contributed by atoms with van der Waals surface area (Å²) >= 11 is 0. The van der Waals surface area contributed by atoms with Gasteiger partial charge in [-0.15, -0.1) is 0 Å². The topological polar surface area (TPSA) is 86.2 Å². The number of nitrogen functional groups attached to an aromatic ring is 2. The molecule has 1 aliphatic rings. The normalized spacial score (nSPS) is 14.9. The van der Waals surface area contributed by atoms with E-state index in [0.29, 0.717) is 11.4 Å². The molecular formula is C15H16N2O2S. The summed E-state index contributed by atoms with van der Waals surface area (Å²) in [6, 6.07) is 4.94. The average molecular weight is 288 g/mol. The number of aryl methyl sites for hydroxylation is 1. The minimum absolute atomic E-state index is 0.281. The van der Waals surface area contributed by atoms with Gasteiger partial charge in [-0.2, -0.15) is 0 Å². The Hall–Kier alpha value is -2.01. The maximum absolute atomic E-state index is 12.6. The monoisotopic (exact) mass is 288 g/mol. The lowest BCUT2D eigenvalue weighted by Crippen LogP contribution is -2.01. The van der Waals surface area contributed by atoms with E-state index in [0.717, 1.165) is 27.8 Å². The van der Waals surface area contributed by atoms with Crippen LogP contribution in [0.5, 0.6) is 0 Å². The van der Waals surface area contributed by atoms with Crippen LogP contribution in [0, 0.1) is 20.8 Å². The molecule has 1 heterocycles. The van der Waals surface area contributed by atoms with Crippen LogP contribution in [-0.2, 0) is 9.84 Å². The van der Waals surface area contributed by atoms with Gasteiger partial charge in [-0.05, 0) is 55.7 Å². The molecule has 104 valence electrons. The quantitative estimate of drug-likeness (QED) is 0.622. The van der Waals surface area contributed by atoms with Crippen molar-refractivity contribution in [3.63, 3.8) is 0 Å². The van der Waals surface area contributed by atoms with Gasteiger partial charge in [0.25, 0.3) is 0 Å². The highest BCUT2D eigenvalue weighted by molar-refractivity contribution is 7.92. The van der Waals surface area contributed by atoms with Gasteiger partial charge < -0.3 is 11.5 Å². The minimum atomic E-state index is -3.53. The van der Waals surface area contributed by atoms with Gasteiger partial charge in [0.2, 0.25) is 9.84 Å². The van der Waals surface area contributed by atoms with Gasteiger partial charge in [0.1, 0.15) is 0 Å². The first-order valence-electron chi connectivity index (χ1n) is 6.30. The Morgan fingerprint density at radius 3 is 2.10 bits per heavy atom. The predicted molar refractivity (Wildman–Crippen MR) is 80.4 cm³/mol. The van der Waals surface area contributed by atoms with Crippen molar-refractivity contribution in [3.8, 4) is 11.1 Å². The predicted octanol–water partition coefficient (Wildman–Crippen LogP) is 2.59. The summed E-state index contributed by atoms with van der Waals surface area (Å²) in [7, 11) is -3.53. The number of hydrogen-bond acceptors (Lipinski definition) is 4. The molecule has 2 aromatic rings. The molecule has 2 aromatic carbocycles. The van der Waals surface area contributed by atoms with Crippen LogP contribution in [0.4, 0.5) is 11.4 Å². The lowest BCUT2D eigenvalue weighted by molar-refractivity contribution is 0.598. The van der Waals surface area contributed by atoms with Crippen molar-refractivity contribution >= 4 is 21.2 Å². The maximum atomic E-state index is 12.6. The molecule has 0 spiro atoms. The molecule has 0 saturated carbocycles. The van der Waals surface area contributed by atoms with Gasteiger partial charge in [0.15, 0.2) is 0 Å². The second kappa shape index (κ2) is 3.76. The molecule has 0 radical (unpaired) electrons. The van der Waals surface area contributed by atoms with Gasteiger partial charge in [-0.3, -0.25) is 0 Å². The molecule has 0 atom stereocenters. The standard InChI is InChI=1S/C15H16N2O2S/c1-7-4-10-13(5-11(7)16)20(18,19)14-6-12(17)8(2)9(3)15(10)14/h4-6H,16-17H2,1-3H3. The Kier molecular flexibility index (Phi) is 2.44. The molecule has 0 amide bonds. The summed E-state index contributed by atoms with van der Waals surface area (Å²) in [4.78, 5) is 0.571. The van der Waals surface area contributed by atoms with Crippen molar-refractivity contribution in [2.75, 3.05) is 11.5 Å². The summed E-state index contributed by atoms with van der Waals surface area (Å²) in [5, 5.41) is 0. The van der Waals surface area contributed by atoms with Gasteiger partial charge in [-0.1, -0.05) is 0 Å². The molecule has 1 aliphatic heterocycles. The zero-order valence-electron chi connectivity index (χ0n) is 11.6. The molecular weight excluding hydrogens is 272 g/mol. The Labute approximate surface area is 118 Å². The molecule has 4 N–H and O–H groups in total. The van der Waals surface area contributed by atoms with Crippen LogP contribution >= 0.6 is 0 Å². The van der Waals surface area contributed by atoms with Crippen molar-refractivity contribution in [1.82, 2.24) is 0 Å². The first kappa shape index (κ1) is 13.0. The zero-order chi connectivity index (χ0) is 14.8. The third kappa shape index (κ3) is 1.44. The Morgan fingerprint density at radius 2 is 1.45 bits per heavy atom. The van der Waals surface area contributed by atoms with Crippen LogP contribution in [-0.4, -0.2) is 8.42 Å². The van der Waals surface area contributed by atoms with E-state index < -0.39 is 9.84 Å². The summed E-state index contributed by atoms with van der Waals surface area (Å²) in [5.41, 5.74) is 17.0. The van der Waals surface area contributed by atoms with E-state index in [1.165, 1.54) is 0 Å². The van der Waals surface area contributed by atoms with Crippen molar-refractivity contribution < 1.29 is 8.42 Å². The number of hydrogen-bond donors (Lipinski definition) is 2. The maximum Gasteiger partial charge on any atom is 0.207 e.